The molecule has 0 amide bonds. The first-order valence-electron chi connectivity index (χ1n) is 3.83. The normalized spacial score (nSPS) is 32.0. The average Bonchev–Trinajstić information content (AvgIpc) is 2.17. The van der Waals surface area contributed by atoms with Crippen LogP contribution >= 0.6 is 0 Å². The van der Waals surface area contributed by atoms with Crippen molar-refractivity contribution in [3.05, 3.63) is 12.2 Å². The third-order valence-electron chi connectivity index (χ3n) is 2.61. The first-order chi connectivity index (χ1) is 4.46. The Kier molecular flexibility index (Phi) is 1.63. The summed E-state index contributed by atoms with van der Waals surface area (Å²) in [7, 11) is 0. The fourth-order valence-corrected chi connectivity index (χ4v) is 1.51. The van der Waals surface area contributed by atoms with Crippen molar-refractivity contribution in [1.29, 1.82) is 0 Å². The van der Waals surface area contributed by atoms with E-state index in [0.717, 1.165) is 6.42 Å². The highest BCUT2D eigenvalue weighted by molar-refractivity contribution is 5.32. The molecule has 0 aromatic carbocycles. The molecule has 58 valence electrons. The van der Waals surface area contributed by atoms with Gasteiger partial charge in [0.05, 0.1) is 6.10 Å². The molecule has 1 fully saturated rings. The zero-order valence-corrected chi connectivity index (χ0v) is 7.02. The molecule has 0 saturated heterocycles. The highest BCUT2D eigenvalue weighted by Gasteiger charge is 2.50. The van der Waals surface area contributed by atoms with Crippen molar-refractivity contribution < 1.29 is 5.11 Å². The SMILES string of the molecule is C=C1C(CC(C)O)C1(C)C. The van der Waals surface area contributed by atoms with E-state index >= 15 is 0 Å². The fourth-order valence-electron chi connectivity index (χ4n) is 1.51. The van der Waals surface area contributed by atoms with E-state index in [1.165, 1.54) is 5.57 Å². The molecule has 1 rings (SSSR count). The maximum absolute atomic E-state index is 9.07. The highest BCUT2D eigenvalue weighted by Crippen LogP contribution is 2.58. The third-order valence-corrected chi connectivity index (χ3v) is 2.61. The molecule has 2 unspecified atom stereocenters. The van der Waals surface area contributed by atoms with Gasteiger partial charge in [-0.05, 0) is 24.7 Å². The second-order valence-electron chi connectivity index (χ2n) is 3.88. The largest absolute Gasteiger partial charge is 0.393 e. The number of hydrogen-bond donors (Lipinski definition) is 1. The standard InChI is InChI=1S/C9H16O/c1-6(10)5-8-7(2)9(8,3)4/h6,8,10H,2,5H2,1,3-4H3. The first kappa shape index (κ1) is 7.80. The van der Waals surface area contributed by atoms with Gasteiger partial charge in [-0.25, -0.2) is 0 Å². The molecule has 0 aromatic rings. The number of hydrogen-bond acceptors (Lipinski definition) is 1. The summed E-state index contributed by atoms with van der Waals surface area (Å²) < 4.78 is 0. The Balaban J connectivity index is 2.43. The van der Waals surface area contributed by atoms with Crippen molar-refractivity contribution in [3.63, 3.8) is 0 Å². The van der Waals surface area contributed by atoms with Crippen LogP contribution in [0.5, 0.6) is 0 Å². The molecule has 0 spiro atoms. The predicted octanol–water partition coefficient (Wildman–Crippen LogP) is 1.97. The molecule has 1 heteroatoms. The minimum atomic E-state index is -0.177. The molecule has 0 radical (unpaired) electrons. The van der Waals surface area contributed by atoms with Crippen LogP contribution in [-0.4, -0.2) is 11.2 Å². The molecule has 1 saturated carbocycles. The van der Waals surface area contributed by atoms with Gasteiger partial charge in [0.25, 0.3) is 0 Å². The maximum atomic E-state index is 9.07. The Morgan fingerprint density at radius 2 is 2.10 bits per heavy atom. The van der Waals surface area contributed by atoms with Crippen LogP contribution in [0.2, 0.25) is 0 Å². The third kappa shape index (κ3) is 1.10. The Hall–Kier alpha value is -0.300. The number of aliphatic hydroxyl groups excluding tert-OH is 1. The van der Waals surface area contributed by atoms with Gasteiger partial charge >= 0.3 is 0 Å². The molecular weight excluding hydrogens is 124 g/mol. The summed E-state index contributed by atoms with van der Waals surface area (Å²) in [6.45, 7) is 10.1. The van der Waals surface area contributed by atoms with E-state index in [4.69, 9.17) is 5.11 Å². The summed E-state index contributed by atoms with van der Waals surface area (Å²) >= 11 is 0. The van der Waals surface area contributed by atoms with Crippen molar-refractivity contribution in [2.45, 2.75) is 33.3 Å². The van der Waals surface area contributed by atoms with Crippen molar-refractivity contribution >= 4 is 0 Å². The van der Waals surface area contributed by atoms with E-state index in [0.29, 0.717) is 11.3 Å². The lowest BCUT2D eigenvalue weighted by atomic mass is 10.1. The summed E-state index contributed by atoms with van der Waals surface area (Å²) in [5, 5.41) is 9.07. The number of allylic oxidation sites excluding steroid dienone is 1. The average molecular weight is 140 g/mol. The molecule has 1 N–H and O–H groups in total. The van der Waals surface area contributed by atoms with Crippen LogP contribution in [0.1, 0.15) is 27.2 Å². The predicted molar refractivity (Wildman–Crippen MR) is 42.7 cm³/mol. The van der Waals surface area contributed by atoms with Crippen LogP contribution < -0.4 is 0 Å². The summed E-state index contributed by atoms with van der Waals surface area (Å²) in [5.41, 5.74) is 1.60. The Morgan fingerprint density at radius 3 is 2.20 bits per heavy atom. The number of aliphatic hydroxyl groups is 1. The summed E-state index contributed by atoms with van der Waals surface area (Å²) in [6.07, 6.45) is 0.703. The Bertz CT molecular complexity index is 156. The molecule has 1 nitrogen and oxygen atoms in total. The van der Waals surface area contributed by atoms with Crippen LogP contribution in [0, 0.1) is 11.3 Å². The zero-order chi connectivity index (χ0) is 7.94. The molecular formula is C9H16O. The quantitative estimate of drug-likeness (QED) is 0.581. The summed E-state index contributed by atoms with van der Waals surface area (Å²) in [6, 6.07) is 0. The second-order valence-corrected chi connectivity index (χ2v) is 3.88. The first-order valence-corrected chi connectivity index (χ1v) is 3.83. The Morgan fingerprint density at radius 1 is 1.70 bits per heavy atom. The number of rotatable bonds is 2. The lowest BCUT2D eigenvalue weighted by Crippen LogP contribution is -2.03. The van der Waals surface area contributed by atoms with Crippen molar-refractivity contribution in [3.8, 4) is 0 Å². The molecule has 0 aromatic heterocycles. The van der Waals surface area contributed by atoms with Crippen LogP contribution in [0.4, 0.5) is 0 Å². The van der Waals surface area contributed by atoms with Gasteiger partial charge in [-0.15, -0.1) is 0 Å². The zero-order valence-electron chi connectivity index (χ0n) is 7.02. The van der Waals surface area contributed by atoms with Gasteiger partial charge in [-0.2, -0.15) is 0 Å². The monoisotopic (exact) mass is 140 g/mol. The fraction of sp³-hybridized carbons (Fsp3) is 0.778. The van der Waals surface area contributed by atoms with E-state index in [1.807, 2.05) is 6.92 Å². The maximum Gasteiger partial charge on any atom is 0.0518 e. The van der Waals surface area contributed by atoms with Gasteiger partial charge in [0.2, 0.25) is 0 Å². The molecule has 10 heavy (non-hydrogen) atoms. The second kappa shape index (κ2) is 2.09. The van der Waals surface area contributed by atoms with Gasteiger partial charge in [0, 0.05) is 0 Å². The van der Waals surface area contributed by atoms with E-state index in [9.17, 15) is 0 Å². The van der Waals surface area contributed by atoms with E-state index in [-0.39, 0.29) is 6.10 Å². The van der Waals surface area contributed by atoms with Crippen LogP contribution in [0.15, 0.2) is 12.2 Å². The van der Waals surface area contributed by atoms with Crippen molar-refractivity contribution in [2.75, 3.05) is 0 Å². The Labute approximate surface area is 62.8 Å². The molecule has 0 heterocycles. The molecule has 2 atom stereocenters. The van der Waals surface area contributed by atoms with Gasteiger partial charge in [-0.1, -0.05) is 26.0 Å². The van der Waals surface area contributed by atoms with Crippen LogP contribution in [0.3, 0.4) is 0 Å². The lowest BCUT2D eigenvalue weighted by Gasteiger charge is -2.03. The minimum absolute atomic E-state index is 0.177. The molecule has 0 aliphatic heterocycles. The van der Waals surface area contributed by atoms with Gasteiger partial charge < -0.3 is 5.11 Å². The molecule has 1 aliphatic rings. The highest BCUT2D eigenvalue weighted by atomic mass is 16.3. The van der Waals surface area contributed by atoms with Crippen molar-refractivity contribution in [2.24, 2.45) is 11.3 Å². The molecule has 1 aliphatic carbocycles. The van der Waals surface area contributed by atoms with Crippen molar-refractivity contribution in [1.82, 2.24) is 0 Å². The van der Waals surface area contributed by atoms with Gasteiger partial charge in [-0.3, -0.25) is 0 Å². The van der Waals surface area contributed by atoms with Crippen LogP contribution in [0.25, 0.3) is 0 Å². The molecule has 0 bridgehead atoms. The van der Waals surface area contributed by atoms with E-state index in [1.54, 1.807) is 0 Å². The van der Waals surface area contributed by atoms with Crippen LogP contribution in [-0.2, 0) is 0 Å². The topological polar surface area (TPSA) is 20.2 Å². The van der Waals surface area contributed by atoms with Gasteiger partial charge in [0.15, 0.2) is 0 Å². The van der Waals surface area contributed by atoms with E-state index < -0.39 is 0 Å². The smallest absolute Gasteiger partial charge is 0.0518 e. The van der Waals surface area contributed by atoms with Gasteiger partial charge in [0.1, 0.15) is 0 Å². The minimum Gasteiger partial charge on any atom is -0.393 e. The lowest BCUT2D eigenvalue weighted by molar-refractivity contribution is 0.172. The summed E-state index contributed by atoms with van der Waals surface area (Å²) in [5.74, 6) is 0.562. The summed E-state index contributed by atoms with van der Waals surface area (Å²) in [4.78, 5) is 0. The van der Waals surface area contributed by atoms with E-state index in [2.05, 4.69) is 20.4 Å².